The molecule has 0 amide bonds. The van der Waals surface area contributed by atoms with E-state index in [4.69, 9.17) is 16.2 Å². The van der Waals surface area contributed by atoms with Gasteiger partial charge in [-0.05, 0) is 30.3 Å². The molecule has 78 valence electrons. The molecule has 15 heavy (non-hydrogen) atoms. The molecule has 1 unspecified atom stereocenters. The lowest BCUT2D eigenvalue weighted by Crippen LogP contribution is -2.20. The van der Waals surface area contributed by atoms with E-state index in [0.29, 0.717) is 0 Å². The molecule has 0 spiro atoms. The summed E-state index contributed by atoms with van der Waals surface area (Å²) in [5, 5.41) is 0. The fourth-order valence-electron chi connectivity index (χ4n) is 1.44. The monoisotopic (exact) mass is 202 g/mol. The summed E-state index contributed by atoms with van der Waals surface area (Å²) in [6.45, 7) is 0. The number of allylic oxidation sites excluding steroid dienone is 2. The molecule has 3 heteroatoms. The average molecular weight is 202 g/mol. The van der Waals surface area contributed by atoms with Crippen LogP contribution in [0.15, 0.2) is 48.3 Å². The molecular weight excluding hydrogens is 188 g/mol. The van der Waals surface area contributed by atoms with Crippen LogP contribution in [0.5, 0.6) is 5.75 Å². The Morgan fingerprint density at radius 2 is 1.93 bits per heavy atom. The molecule has 0 bridgehead atoms. The lowest BCUT2D eigenvalue weighted by atomic mass is 10.1. The Labute approximate surface area is 89.0 Å². The van der Waals surface area contributed by atoms with Gasteiger partial charge in [-0.25, -0.2) is 0 Å². The standard InChI is InChI=1S/C12H14N2O/c13-9-4-6-11(7-5-9)15-12-3-1-2-10(14)8-12/h1-7,10H,8,13-14H2. The summed E-state index contributed by atoms with van der Waals surface area (Å²) in [6.07, 6.45) is 6.54. The number of rotatable bonds is 2. The number of nitrogen functional groups attached to an aromatic ring is 1. The van der Waals surface area contributed by atoms with Gasteiger partial charge in [-0.2, -0.15) is 0 Å². The van der Waals surface area contributed by atoms with Gasteiger partial charge in [-0.1, -0.05) is 12.2 Å². The first-order chi connectivity index (χ1) is 7.24. The number of hydrogen-bond donors (Lipinski definition) is 2. The van der Waals surface area contributed by atoms with E-state index in [9.17, 15) is 0 Å². The van der Waals surface area contributed by atoms with Crippen LogP contribution in [-0.2, 0) is 0 Å². The highest BCUT2D eigenvalue weighted by Crippen LogP contribution is 2.19. The minimum atomic E-state index is 0.0544. The van der Waals surface area contributed by atoms with Crippen LogP contribution < -0.4 is 16.2 Å². The number of ether oxygens (including phenoxy) is 1. The predicted octanol–water partition coefficient (Wildman–Crippen LogP) is 1.82. The first-order valence-electron chi connectivity index (χ1n) is 4.90. The topological polar surface area (TPSA) is 61.3 Å². The van der Waals surface area contributed by atoms with Gasteiger partial charge in [-0.15, -0.1) is 0 Å². The van der Waals surface area contributed by atoms with Crippen LogP contribution in [-0.4, -0.2) is 6.04 Å². The smallest absolute Gasteiger partial charge is 0.127 e. The van der Waals surface area contributed by atoms with Crippen molar-refractivity contribution in [2.75, 3.05) is 5.73 Å². The third-order valence-electron chi connectivity index (χ3n) is 2.21. The van der Waals surface area contributed by atoms with Gasteiger partial charge < -0.3 is 16.2 Å². The van der Waals surface area contributed by atoms with Crippen molar-refractivity contribution in [2.45, 2.75) is 12.5 Å². The zero-order valence-electron chi connectivity index (χ0n) is 8.39. The van der Waals surface area contributed by atoms with Gasteiger partial charge in [-0.3, -0.25) is 0 Å². The normalized spacial score (nSPS) is 19.8. The van der Waals surface area contributed by atoms with Gasteiger partial charge in [0.25, 0.3) is 0 Å². The molecule has 0 saturated heterocycles. The highest BCUT2D eigenvalue weighted by atomic mass is 16.5. The Hall–Kier alpha value is -1.74. The van der Waals surface area contributed by atoms with E-state index in [0.717, 1.165) is 23.6 Å². The molecule has 0 heterocycles. The summed E-state index contributed by atoms with van der Waals surface area (Å²) in [5.74, 6) is 1.67. The Kier molecular flexibility index (Phi) is 2.74. The molecule has 0 saturated carbocycles. The molecule has 0 radical (unpaired) electrons. The SMILES string of the molecule is Nc1ccc(OC2=CC=CC(N)C2)cc1. The molecule has 1 aliphatic rings. The molecule has 4 N–H and O–H groups in total. The van der Waals surface area contributed by atoms with Gasteiger partial charge in [0.15, 0.2) is 0 Å². The summed E-state index contributed by atoms with van der Waals surface area (Å²) >= 11 is 0. The summed E-state index contributed by atoms with van der Waals surface area (Å²) < 4.78 is 5.65. The molecule has 0 aromatic heterocycles. The third kappa shape index (κ3) is 2.60. The number of nitrogens with two attached hydrogens (primary N) is 2. The Morgan fingerprint density at radius 1 is 1.20 bits per heavy atom. The van der Waals surface area contributed by atoms with Gasteiger partial charge in [0, 0.05) is 18.2 Å². The molecule has 1 aromatic carbocycles. The van der Waals surface area contributed by atoms with Crippen molar-refractivity contribution < 1.29 is 4.74 Å². The highest BCUT2D eigenvalue weighted by Gasteiger charge is 2.08. The van der Waals surface area contributed by atoms with Crippen molar-refractivity contribution >= 4 is 5.69 Å². The van der Waals surface area contributed by atoms with Crippen molar-refractivity contribution in [3.63, 3.8) is 0 Å². The van der Waals surface area contributed by atoms with Crippen LogP contribution in [0, 0.1) is 0 Å². The zero-order chi connectivity index (χ0) is 10.7. The lowest BCUT2D eigenvalue weighted by molar-refractivity contribution is 0.395. The molecule has 1 aromatic rings. The first kappa shape index (κ1) is 9.80. The zero-order valence-corrected chi connectivity index (χ0v) is 8.39. The lowest BCUT2D eigenvalue weighted by Gasteiger charge is -2.15. The molecule has 0 aliphatic heterocycles. The second kappa shape index (κ2) is 4.19. The highest BCUT2D eigenvalue weighted by molar-refractivity contribution is 5.42. The van der Waals surface area contributed by atoms with Crippen molar-refractivity contribution in [2.24, 2.45) is 5.73 Å². The van der Waals surface area contributed by atoms with Crippen LogP contribution in [0.25, 0.3) is 0 Å². The fourth-order valence-corrected chi connectivity index (χ4v) is 1.44. The van der Waals surface area contributed by atoms with Gasteiger partial charge in [0.1, 0.15) is 11.5 Å². The number of benzene rings is 1. The Morgan fingerprint density at radius 3 is 2.60 bits per heavy atom. The predicted molar refractivity (Wildman–Crippen MR) is 61.3 cm³/mol. The third-order valence-corrected chi connectivity index (χ3v) is 2.21. The van der Waals surface area contributed by atoms with Crippen LogP contribution in [0.4, 0.5) is 5.69 Å². The van der Waals surface area contributed by atoms with Gasteiger partial charge >= 0.3 is 0 Å². The van der Waals surface area contributed by atoms with E-state index in [1.54, 1.807) is 0 Å². The maximum absolute atomic E-state index is 5.78. The molecule has 1 aliphatic carbocycles. The van der Waals surface area contributed by atoms with E-state index in [2.05, 4.69) is 0 Å². The fraction of sp³-hybridized carbons (Fsp3) is 0.167. The maximum Gasteiger partial charge on any atom is 0.127 e. The van der Waals surface area contributed by atoms with Crippen molar-refractivity contribution in [3.05, 3.63) is 48.3 Å². The quantitative estimate of drug-likeness (QED) is 0.719. The van der Waals surface area contributed by atoms with Gasteiger partial charge in [0.05, 0.1) is 0 Å². The van der Waals surface area contributed by atoms with Crippen molar-refractivity contribution in [1.82, 2.24) is 0 Å². The van der Waals surface area contributed by atoms with E-state index in [1.807, 2.05) is 42.5 Å². The van der Waals surface area contributed by atoms with Crippen molar-refractivity contribution in [3.8, 4) is 5.75 Å². The summed E-state index contributed by atoms with van der Waals surface area (Å²) in [4.78, 5) is 0. The molecule has 0 fully saturated rings. The largest absolute Gasteiger partial charge is 0.462 e. The first-order valence-corrected chi connectivity index (χ1v) is 4.90. The second-order valence-corrected chi connectivity index (χ2v) is 3.56. The van der Waals surface area contributed by atoms with Crippen LogP contribution >= 0.6 is 0 Å². The van der Waals surface area contributed by atoms with E-state index in [-0.39, 0.29) is 6.04 Å². The molecular formula is C12H14N2O. The van der Waals surface area contributed by atoms with E-state index < -0.39 is 0 Å². The average Bonchev–Trinajstić information content (AvgIpc) is 2.22. The van der Waals surface area contributed by atoms with Gasteiger partial charge in [0.2, 0.25) is 0 Å². The van der Waals surface area contributed by atoms with Crippen LogP contribution in [0.2, 0.25) is 0 Å². The Balaban J connectivity index is 2.06. The van der Waals surface area contributed by atoms with Crippen molar-refractivity contribution in [1.29, 1.82) is 0 Å². The maximum atomic E-state index is 5.78. The minimum Gasteiger partial charge on any atom is -0.462 e. The molecule has 2 rings (SSSR count). The number of hydrogen-bond acceptors (Lipinski definition) is 3. The molecule has 1 atom stereocenters. The van der Waals surface area contributed by atoms with E-state index >= 15 is 0 Å². The Bertz CT molecular complexity index is 393. The minimum absolute atomic E-state index is 0.0544. The van der Waals surface area contributed by atoms with Crippen LogP contribution in [0.3, 0.4) is 0 Å². The van der Waals surface area contributed by atoms with E-state index in [1.165, 1.54) is 0 Å². The second-order valence-electron chi connectivity index (χ2n) is 3.56. The molecule has 3 nitrogen and oxygen atoms in total. The summed E-state index contributed by atoms with van der Waals surface area (Å²) in [7, 11) is 0. The number of anilines is 1. The van der Waals surface area contributed by atoms with Crippen LogP contribution in [0.1, 0.15) is 6.42 Å². The summed E-state index contributed by atoms with van der Waals surface area (Å²) in [5.41, 5.74) is 12.1. The summed E-state index contributed by atoms with van der Waals surface area (Å²) in [6, 6.07) is 7.38.